The molecule has 0 unspecified atom stereocenters. The predicted octanol–water partition coefficient (Wildman–Crippen LogP) is -3.19. The molecule has 0 saturated heterocycles. The topological polar surface area (TPSA) is 120 Å². The summed E-state index contributed by atoms with van der Waals surface area (Å²) < 4.78 is 0. The largest absolute Gasteiger partial charge is 2.00 e. The van der Waals surface area contributed by atoms with Crippen molar-refractivity contribution in [2.45, 2.75) is 0 Å². The monoisotopic (exact) mass is 224 g/mol. The van der Waals surface area contributed by atoms with Crippen molar-refractivity contribution >= 4 is 11.9 Å². The maximum atomic E-state index is 8.93. The normalized spacial score (nSPS) is 5.33. The summed E-state index contributed by atoms with van der Waals surface area (Å²) >= 11 is 0. The fourth-order valence-corrected chi connectivity index (χ4v) is 0. The summed E-state index contributed by atoms with van der Waals surface area (Å²) in [6, 6.07) is 0. The van der Waals surface area contributed by atoms with Crippen LogP contribution in [0.5, 0.6) is 0 Å². The minimum Gasteiger partial charge on any atom is -0.577 e. The summed E-state index contributed by atoms with van der Waals surface area (Å²) in [7, 11) is 0. The van der Waals surface area contributed by atoms with E-state index in [0.29, 0.717) is 0 Å². The Morgan fingerprint density at radius 1 is 1.00 bits per heavy atom. The van der Waals surface area contributed by atoms with E-state index in [1.54, 1.807) is 0 Å². The average molecular weight is 224 g/mol. The molecule has 0 spiro atoms. The molecular formula is C2NO5Pd-. The van der Waals surface area contributed by atoms with E-state index in [1.165, 1.54) is 0 Å². The third kappa shape index (κ3) is 19.0. The van der Waals surface area contributed by atoms with Gasteiger partial charge in [-0.05, 0) is 0 Å². The smallest absolute Gasteiger partial charge is 0.577 e. The van der Waals surface area contributed by atoms with Crippen molar-refractivity contribution in [2.24, 2.45) is 0 Å². The first-order valence-corrected chi connectivity index (χ1v) is 1.25. The molecule has 0 rings (SSSR count). The van der Waals surface area contributed by atoms with Crippen LogP contribution in [0.15, 0.2) is 0 Å². The van der Waals surface area contributed by atoms with Gasteiger partial charge in [0.15, 0.2) is 0 Å². The zero-order chi connectivity index (χ0) is 7.15. The van der Waals surface area contributed by atoms with Crippen LogP contribution in [0.25, 0.3) is 5.59 Å². The summed E-state index contributed by atoms with van der Waals surface area (Å²) in [4.78, 5) is 25.1. The van der Waals surface area contributed by atoms with Crippen molar-refractivity contribution in [3.05, 3.63) is 10.5 Å². The van der Waals surface area contributed by atoms with E-state index in [4.69, 9.17) is 30.3 Å². The first kappa shape index (κ1) is 15.7. The third-order valence-electron chi connectivity index (χ3n) is 0.167. The second kappa shape index (κ2) is 10.2. The molecule has 0 amide bonds. The number of carbonyl (C=O) groups excluding carboxylic acids is 2. The Balaban J connectivity index is -0.000000109. The molecule has 7 heteroatoms. The molecule has 0 fully saturated rings. The molecule has 0 aliphatic carbocycles. The van der Waals surface area contributed by atoms with Crippen LogP contribution in [0.3, 0.4) is 0 Å². The van der Waals surface area contributed by atoms with Gasteiger partial charge in [0.2, 0.25) is 0 Å². The number of carbonyl (C=O) groups is 2. The van der Waals surface area contributed by atoms with Gasteiger partial charge in [-0.15, -0.1) is 0 Å². The van der Waals surface area contributed by atoms with Gasteiger partial charge in [-0.25, -0.2) is 0 Å². The van der Waals surface area contributed by atoms with Gasteiger partial charge in [-0.3, -0.25) is 0 Å². The molecule has 0 aliphatic rings. The predicted molar refractivity (Wildman–Crippen MR) is 16.7 cm³/mol. The van der Waals surface area contributed by atoms with E-state index >= 15 is 0 Å². The van der Waals surface area contributed by atoms with Crippen LogP contribution in [0.1, 0.15) is 0 Å². The molecule has 0 radical (unpaired) electrons. The first-order chi connectivity index (χ1) is 3.64. The maximum absolute atomic E-state index is 8.93. The van der Waals surface area contributed by atoms with E-state index in [0.717, 1.165) is 0 Å². The summed E-state index contributed by atoms with van der Waals surface area (Å²) in [5, 5.41) is 17.9. The van der Waals surface area contributed by atoms with Crippen molar-refractivity contribution in [3.8, 4) is 0 Å². The van der Waals surface area contributed by atoms with Crippen molar-refractivity contribution in [1.29, 1.82) is 0 Å². The standard InChI is InChI=1S/C2H2O4.NO.Pd/c3-1(4)2(5)6;1-2;/h(H,3,4)(H,5,6);;/q;-1;+2/p-2. The zero-order valence-electron chi connectivity index (χ0n) is 3.80. The van der Waals surface area contributed by atoms with Gasteiger partial charge < -0.3 is 30.3 Å². The minimum absolute atomic E-state index is 0. The Morgan fingerprint density at radius 3 is 1.11 bits per heavy atom. The van der Waals surface area contributed by atoms with Crippen LogP contribution in [0, 0.1) is 4.91 Å². The van der Waals surface area contributed by atoms with Gasteiger partial charge >= 0.3 is 20.4 Å². The van der Waals surface area contributed by atoms with Crippen LogP contribution in [0.2, 0.25) is 0 Å². The molecule has 0 aromatic heterocycles. The Hall–Kier alpha value is -0.798. The van der Waals surface area contributed by atoms with Crippen molar-refractivity contribution < 1.29 is 40.2 Å². The van der Waals surface area contributed by atoms with Crippen molar-refractivity contribution in [2.75, 3.05) is 0 Å². The van der Waals surface area contributed by atoms with E-state index in [2.05, 4.69) is 0 Å². The number of nitroso groups, excluding NO2 is 1. The molecule has 54 valence electrons. The molecule has 0 aromatic rings. The molecular weight excluding hydrogens is 224 g/mol. The minimum atomic E-state index is -2.19. The van der Waals surface area contributed by atoms with E-state index < -0.39 is 11.9 Å². The number of rotatable bonds is 0. The number of nitrogens with zero attached hydrogens (tertiary/aromatic N) is 1. The van der Waals surface area contributed by atoms with Gasteiger partial charge in [-0.1, -0.05) is 0 Å². The Morgan fingerprint density at radius 2 is 1.11 bits per heavy atom. The fraction of sp³-hybridized carbons (Fsp3) is 0. The molecule has 0 aromatic carbocycles. The number of carboxylic acids is 2. The molecule has 6 nitrogen and oxygen atoms in total. The first-order valence-electron chi connectivity index (χ1n) is 1.25. The van der Waals surface area contributed by atoms with Crippen LogP contribution in [-0.2, 0) is 30.0 Å². The van der Waals surface area contributed by atoms with Crippen LogP contribution in [-0.4, -0.2) is 11.9 Å². The SMILES string of the molecule is O=C([O-])C(=O)[O-].[N-]=O.[Pd+2]. The van der Waals surface area contributed by atoms with Gasteiger partial charge in [0.05, 0.1) is 11.9 Å². The fourth-order valence-electron chi connectivity index (χ4n) is 0. The van der Waals surface area contributed by atoms with Crippen LogP contribution in [0.4, 0.5) is 0 Å². The van der Waals surface area contributed by atoms with Gasteiger partial charge in [0.1, 0.15) is 0 Å². The number of carboxylic acid groups (broad SMARTS) is 2. The second-order valence-electron chi connectivity index (χ2n) is 0.575. The summed E-state index contributed by atoms with van der Waals surface area (Å²) in [6.07, 6.45) is 0. The van der Waals surface area contributed by atoms with Crippen LogP contribution >= 0.6 is 0 Å². The molecule has 0 aliphatic heterocycles. The number of hydrogen-bond acceptors (Lipinski definition) is 5. The quantitative estimate of drug-likeness (QED) is 0.317. The number of hydrogen-bond donors (Lipinski definition) is 0. The van der Waals surface area contributed by atoms with E-state index in [-0.39, 0.29) is 20.4 Å². The molecule has 0 heterocycles. The average Bonchev–Trinajstić information content (AvgIpc) is 1.72. The summed E-state index contributed by atoms with van der Waals surface area (Å²) in [6.45, 7) is 0. The van der Waals surface area contributed by atoms with Crippen molar-refractivity contribution in [3.63, 3.8) is 0 Å². The zero-order valence-corrected chi connectivity index (χ0v) is 5.36. The van der Waals surface area contributed by atoms with E-state index in [9.17, 15) is 0 Å². The molecule has 0 saturated carbocycles. The Kier molecular flexibility index (Phi) is 17.9. The van der Waals surface area contributed by atoms with Gasteiger partial charge in [0.25, 0.3) is 0 Å². The molecule has 0 atom stereocenters. The summed E-state index contributed by atoms with van der Waals surface area (Å²) in [5.41, 5.74) is 5.75. The number of aliphatic carboxylic acids is 2. The summed E-state index contributed by atoms with van der Waals surface area (Å²) in [5.74, 6) is -4.37. The molecule has 0 bridgehead atoms. The third-order valence-corrected chi connectivity index (χ3v) is 0.167. The Labute approximate surface area is 63.3 Å². The van der Waals surface area contributed by atoms with Gasteiger partial charge in [0, 0.05) is 0 Å². The van der Waals surface area contributed by atoms with Gasteiger partial charge in [-0.2, -0.15) is 0 Å². The Bertz CT molecular complexity index is 91.1. The van der Waals surface area contributed by atoms with E-state index in [1.807, 2.05) is 0 Å². The second-order valence-corrected chi connectivity index (χ2v) is 0.575. The van der Waals surface area contributed by atoms with Crippen molar-refractivity contribution in [1.82, 2.24) is 0 Å². The molecule has 9 heavy (non-hydrogen) atoms. The maximum Gasteiger partial charge on any atom is 2.00 e. The molecule has 0 N–H and O–H groups in total. The van der Waals surface area contributed by atoms with Crippen LogP contribution < -0.4 is 10.2 Å².